The number of aliphatic carboxylic acids is 1. The molecule has 0 radical (unpaired) electrons. The van der Waals surface area contributed by atoms with Crippen molar-refractivity contribution in [2.45, 2.75) is 60.4 Å². The highest BCUT2D eigenvalue weighted by Crippen LogP contribution is 2.23. The molecule has 0 fully saturated rings. The van der Waals surface area contributed by atoms with Crippen LogP contribution < -0.4 is 5.69 Å². The SMILES string of the molecule is Cc1nc(=O)n(CCC(C)(C)C)c(C)c1C(C)C(=O)O. The zero-order valence-electron chi connectivity index (χ0n) is 13.1. The number of nitrogens with zero attached hydrogens (tertiary/aromatic N) is 2. The van der Waals surface area contributed by atoms with Crippen molar-refractivity contribution in [3.8, 4) is 0 Å². The van der Waals surface area contributed by atoms with Crippen LogP contribution in [-0.2, 0) is 11.3 Å². The Labute approximate surface area is 119 Å². The summed E-state index contributed by atoms with van der Waals surface area (Å²) in [6.45, 7) is 12.0. The fourth-order valence-corrected chi connectivity index (χ4v) is 2.28. The van der Waals surface area contributed by atoms with Gasteiger partial charge in [0.2, 0.25) is 0 Å². The summed E-state index contributed by atoms with van der Waals surface area (Å²) in [7, 11) is 0. The van der Waals surface area contributed by atoms with Crippen LogP contribution in [0.5, 0.6) is 0 Å². The van der Waals surface area contributed by atoms with Gasteiger partial charge in [-0.15, -0.1) is 0 Å². The molecule has 0 saturated heterocycles. The second-order valence-corrected chi connectivity index (χ2v) is 6.50. The largest absolute Gasteiger partial charge is 0.481 e. The third-order valence-corrected chi connectivity index (χ3v) is 3.57. The van der Waals surface area contributed by atoms with E-state index in [4.69, 9.17) is 0 Å². The van der Waals surface area contributed by atoms with Crippen LogP contribution in [0.4, 0.5) is 0 Å². The van der Waals surface area contributed by atoms with Gasteiger partial charge in [-0.1, -0.05) is 20.8 Å². The van der Waals surface area contributed by atoms with E-state index in [1.165, 1.54) is 0 Å². The molecular weight excluding hydrogens is 256 g/mol. The minimum Gasteiger partial charge on any atom is -0.481 e. The maximum Gasteiger partial charge on any atom is 0.347 e. The van der Waals surface area contributed by atoms with Gasteiger partial charge in [-0.05, 0) is 32.6 Å². The Kier molecular flexibility index (Phi) is 4.73. The fourth-order valence-electron chi connectivity index (χ4n) is 2.28. The lowest BCUT2D eigenvalue weighted by molar-refractivity contribution is -0.138. The van der Waals surface area contributed by atoms with Crippen molar-refractivity contribution in [2.75, 3.05) is 0 Å². The molecule has 0 aliphatic rings. The minimum atomic E-state index is -0.904. The highest BCUT2D eigenvalue weighted by Gasteiger charge is 2.22. The monoisotopic (exact) mass is 280 g/mol. The van der Waals surface area contributed by atoms with Gasteiger partial charge in [0.05, 0.1) is 5.92 Å². The van der Waals surface area contributed by atoms with Gasteiger partial charge >= 0.3 is 11.7 Å². The normalized spacial score (nSPS) is 13.3. The molecule has 0 spiro atoms. The van der Waals surface area contributed by atoms with Crippen LogP contribution in [0.2, 0.25) is 0 Å². The van der Waals surface area contributed by atoms with Gasteiger partial charge in [-0.25, -0.2) is 4.79 Å². The standard InChI is InChI=1S/C15H24N2O3/c1-9(13(18)19)12-10(2)16-14(20)17(11(12)3)8-7-15(4,5)6/h9H,7-8H2,1-6H3,(H,18,19). The number of hydrogen-bond donors (Lipinski definition) is 1. The van der Waals surface area contributed by atoms with Crippen LogP contribution in [0.1, 0.15) is 57.0 Å². The first kappa shape index (κ1) is 16.4. The van der Waals surface area contributed by atoms with E-state index < -0.39 is 11.9 Å². The zero-order valence-corrected chi connectivity index (χ0v) is 13.1. The number of aromatic nitrogens is 2. The number of aryl methyl sites for hydroxylation is 1. The summed E-state index contributed by atoms with van der Waals surface area (Å²) in [5, 5.41) is 9.19. The van der Waals surface area contributed by atoms with Crippen molar-refractivity contribution < 1.29 is 9.90 Å². The summed E-state index contributed by atoms with van der Waals surface area (Å²) in [6.07, 6.45) is 0.833. The smallest absolute Gasteiger partial charge is 0.347 e. The van der Waals surface area contributed by atoms with Crippen LogP contribution in [0, 0.1) is 19.3 Å². The lowest BCUT2D eigenvalue weighted by Crippen LogP contribution is -2.30. The van der Waals surface area contributed by atoms with Gasteiger partial charge in [0.25, 0.3) is 0 Å². The molecule has 1 unspecified atom stereocenters. The van der Waals surface area contributed by atoms with Crippen LogP contribution in [0.25, 0.3) is 0 Å². The van der Waals surface area contributed by atoms with Crippen LogP contribution in [-0.4, -0.2) is 20.6 Å². The zero-order chi connectivity index (χ0) is 15.7. The number of carbonyl (C=O) groups is 1. The fraction of sp³-hybridized carbons (Fsp3) is 0.667. The molecule has 1 atom stereocenters. The number of rotatable bonds is 4. The summed E-state index contributed by atoms with van der Waals surface area (Å²) in [6, 6.07) is 0. The summed E-state index contributed by atoms with van der Waals surface area (Å²) in [5.74, 6) is -1.57. The summed E-state index contributed by atoms with van der Waals surface area (Å²) in [5.41, 5.74) is 1.67. The molecular formula is C15H24N2O3. The van der Waals surface area contributed by atoms with Crippen LogP contribution >= 0.6 is 0 Å². The molecule has 5 nitrogen and oxygen atoms in total. The number of hydrogen-bond acceptors (Lipinski definition) is 3. The number of carboxylic acid groups (broad SMARTS) is 1. The highest BCUT2D eigenvalue weighted by molar-refractivity contribution is 5.76. The van der Waals surface area contributed by atoms with Gasteiger partial charge in [0, 0.05) is 23.5 Å². The second kappa shape index (κ2) is 5.77. The third-order valence-electron chi connectivity index (χ3n) is 3.57. The van der Waals surface area contributed by atoms with E-state index in [1.807, 2.05) is 0 Å². The molecule has 112 valence electrons. The third kappa shape index (κ3) is 3.68. The first-order chi connectivity index (χ1) is 9.04. The molecule has 0 bridgehead atoms. The Morgan fingerprint density at radius 3 is 2.35 bits per heavy atom. The van der Waals surface area contributed by atoms with E-state index in [2.05, 4.69) is 25.8 Å². The Morgan fingerprint density at radius 1 is 1.35 bits per heavy atom. The van der Waals surface area contributed by atoms with E-state index in [0.29, 0.717) is 23.5 Å². The van der Waals surface area contributed by atoms with Crippen molar-refractivity contribution in [3.05, 3.63) is 27.4 Å². The van der Waals surface area contributed by atoms with Gasteiger partial charge in [0.15, 0.2) is 0 Å². The van der Waals surface area contributed by atoms with Gasteiger partial charge in [-0.2, -0.15) is 4.98 Å². The molecule has 20 heavy (non-hydrogen) atoms. The summed E-state index contributed by atoms with van der Waals surface area (Å²) in [4.78, 5) is 27.2. The maximum absolute atomic E-state index is 12.0. The number of carboxylic acids is 1. The van der Waals surface area contributed by atoms with Gasteiger partial charge < -0.3 is 5.11 Å². The molecule has 0 aromatic carbocycles. The maximum atomic E-state index is 12.0. The van der Waals surface area contributed by atoms with Gasteiger partial charge in [-0.3, -0.25) is 9.36 Å². The molecule has 1 aromatic rings. The van der Waals surface area contributed by atoms with Crippen LogP contribution in [0.3, 0.4) is 0 Å². The van der Waals surface area contributed by atoms with E-state index >= 15 is 0 Å². The topological polar surface area (TPSA) is 72.2 Å². The Morgan fingerprint density at radius 2 is 1.90 bits per heavy atom. The van der Waals surface area contributed by atoms with Crippen molar-refractivity contribution in [1.82, 2.24) is 9.55 Å². The second-order valence-electron chi connectivity index (χ2n) is 6.50. The van der Waals surface area contributed by atoms with Crippen molar-refractivity contribution >= 4 is 5.97 Å². The molecule has 1 N–H and O–H groups in total. The quantitative estimate of drug-likeness (QED) is 0.919. The lowest BCUT2D eigenvalue weighted by Gasteiger charge is -2.22. The molecule has 1 heterocycles. The van der Waals surface area contributed by atoms with E-state index in [0.717, 1.165) is 6.42 Å². The average Bonchev–Trinajstić information content (AvgIpc) is 2.26. The predicted molar refractivity (Wildman–Crippen MR) is 78.1 cm³/mol. The molecule has 1 rings (SSSR count). The van der Waals surface area contributed by atoms with Gasteiger partial charge in [0.1, 0.15) is 0 Å². The van der Waals surface area contributed by atoms with E-state index in [-0.39, 0.29) is 11.1 Å². The first-order valence-electron chi connectivity index (χ1n) is 6.85. The minimum absolute atomic E-state index is 0.106. The lowest BCUT2D eigenvalue weighted by atomic mass is 9.92. The predicted octanol–water partition coefficient (Wildman–Crippen LogP) is 2.48. The van der Waals surface area contributed by atoms with Crippen molar-refractivity contribution in [2.24, 2.45) is 5.41 Å². The Bertz CT molecular complexity index is 568. The summed E-state index contributed by atoms with van der Waals surface area (Å²) < 4.78 is 1.59. The van der Waals surface area contributed by atoms with Crippen molar-refractivity contribution in [3.63, 3.8) is 0 Å². The first-order valence-corrected chi connectivity index (χ1v) is 6.85. The molecule has 0 aliphatic carbocycles. The molecule has 0 amide bonds. The van der Waals surface area contributed by atoms with E-state index in [1.54, 1.807) is 25.3 Å². The average molecular weight is 280 g/mol. The molecule has 0 saturated carbocycles. The Hall–Kier alpha value is -1.65. The molecule has 1 aromatic heterocycles. The van der Waals surface area contributed by atoms with E-state index in [9.17, 15) is 14.7 Å². The van der Waals surface area contributed by atoms with Crippen molar-refractivity contribution in [1.29, 1.82) is 0 Å². The molecule has 5 heteroatoms. The summed E-state index contributed by atoms with van der Waals surface area (Å²) >= 11 is 0. The highest BCUT2D eigenvalue weighted by atomic mass is 16.4. The van der Waals surface area contributed by atoms with Crippen LogP contribution in [0.15, 0.2) is 4.79 Å². The molecule has 0 aliphatic heterocycles. The Balaban J connectivity index is 3.29.